The van der Waals surface area contributed by atoms with Crippen LogP contribution in [-0.4, -0.2) is 22.1 Å². The van der Waals surface area contributed by atoms with Crippen molar-refractivity contribution in [3.63, 3.8) is 0 Å². The molecule has 6 heteroatoms. The third-order valence-electron chi connectivity index (χ3n) is 3.54. The Hall–Kier alpha value is -3.15. The van der Waals surface area contributed by atoms with Crippen molar-refractivity contribution >= 4 is 22.6 Å². The lowest BCUT2D eigenvalue weighted by Crippen LogP contribution is -2.04. The van der Waals surface area contributed by atoms with E-state index in [0.29, 0.717) is 12.2 Å². The van der Waals surface area contributed by atoms with Gasteiger partial charge in [-0.15, -0.1) is 0 Å². The zero-order valence-corrected chi connectivity index (χ0v) is 12.4. The minimum Gasteiger partial charge on any atom is -0.462 e. The molecule has 116 valence electrons. The van der Waals surface area contributed by atoms with Crippen molar-refractivity contribution < 1.29 is 14.5 Å². The zero-order chi connectivity index (χ0) is 16.4. The molecule has 0 spiro atoms. The molecule has 2 aromatic carbocycles. The number of carbonyl (C=O) groups is 1. The zero-order valence-electron chi connectivity index (χ0n) is 12.4. The Morgan fingerprint density at radius 3 is 2.57 bits per heavy atom. The summed E-state index contributed by atoms with van der Waals surface area (Å²) in [5.74, 6) is -0.368. The first kappa shape index (κ1) is 14.8. The Morgan fingerprint density at radius 2 is 1.91 bits per heavy atom. The van der Waals surface area contributed by atoms with Crippen LogP contribution in [0, 0.1) is 10.1 Å². The number of carbonyl (C=O) groups excluding carboxylic acids is 1. The lowest BCUT2D eigenvalue weighted by atomic mass is 10.2. The number of non-ortho nitro benzene ring substituents is 1. The predicted molar refractivity (Wildman–Crippen MR) is 85.9 cm³/mol. The lowest BCUT2D eigenvalue weighted by Gasteiger charge is -2.07. The summed E-state index contributed by atoms with van der Waals surface area (Å²) in [5.41, 5.74) is 2.07. The first-order valence-corrected chi connectivity index (χ1v) is 7.13. The maximum atomic E-state index is 11.7. The van der Waals surface area contributed by atoms with Crippen molar-refractivity contribution in [2.24, 2.45) is 0 Å². The molecule has 0 saturated carbocycles. The Balaban J connectivity index is 2.01. The van der Waals surface area contributed by atoms with Gasteiger partial charge in [0, 0.05) is 29.4 Å². The average Bonchev–Trinajstić information content (AvgIpc) is 2.98. The summed E-state index contributed by atoms with van der Waals surface area (Å²) in [6.07, 6.45) is 1.84. The van der Waals surface area contributed by atoms with Gasteiger partial charge < -0.3 is 9.30 Å². The van der Waals surface area contributed by atoms with E-state index in [1.165, 1.54) is 12.1 Å². The van der Waals surface area contributed by atoms with Crippen LogP contribution in [0.15, 0.2) is 54.7 Å². The smallest absolute Gasteiger partial charge is 0.338 e. The fraction of sp³-hybridized carbons (Fsp3) is 0.118. The highest BCUT2D eigenvalue weighted by Crippen LogP contribution is 2.25. The van der Waals surface area contributed by atoms with Gasteiger partial charge in [-0.1, -0.05) is 0 Å². The van der Waals surface area contributed by atoms with Crippen molar-refractivity contribution in [2.45, 2.75) is 6.92 Å². The van der Waals surface area contributed by atoms with Crippen LogP contribution in [0.3, 0.4) is 0 Å². The van der Waals surface area contributed by atoms with E-state index >= 15 is 0 Å². The van der Waals surface area contributed by atoms with Crippen LogP contribution < -0.4 is 0 Å². The van der Waals surface area contributed by atoms with E-state index in [2.05, 4.69) is 0 Å². The number of nitro groups is 1. The minimum atomic E-state index is -0.416. The number of benzene rings is 2. The van der Waals surface area contributed by atoms with Gasteiger partial charge >= 0.3 is 5.97 Å². The maximum Gasteiger partial charge on any atom is 0.338 e. The number of hydrogen-bond donors (Lipinski definition) is 0. The fourth-order valence-electron chi connectivity index (χ4n) is 2.43. The van der Waals surface area contributed by atoms with Gasteiger partial charge in [0.2, 0.25) is 0 Å². The lowest BCUT2D eigenvalue weighted by molar-refractivity contribution is -0.384. The Labute approximate surface area is 132 Å². The monoisotopic (exact) mass is 310 g/mol. The Bertz CT molecular complexity index is 881. The second-order valence-electron chi connectivity index (χ2n) is 4.95. The molecule has 0 fully saturated rings. The summed E-state index contributed by atoms with van der Waals surface area (Å²) < 4.78 is 6.79. The molecule has 0 bridgehead atoms. The number of hydrogen-bond acceptors (Lipinski definition) is 4. The third kappa shape index (κ3) is 2.78. The van der Waals surface area contributed by atoms with Crippen LogP contribution >= 0.6 is 0 Å². The summed E-state index contributed by atoms with van der Waals surface area (Å²) in [6.45, 7) is 2.08. The quantitative estimate of drug-likeness (QED) is 0.418. The number of fused-ring (bicyclic) bond motifs is 1. The van der Waals surface area contributed by atoms with E-state index in [1.54, 1.807) is 37.3 Å². The molecule has 1 heterocycles. The van der Waals surface area contributed by atoms with E-state index in [0.717, 1.165) is 16.6 Å². The summed E-state index contributed by atoms with van der Waals surface area (Å²) in [6, 6.07) is 13.5. The van der Waals surface area contributed by atoms with Crippen LogP contribution in [0.25, 0.3) is 16.6 Å². The highest BCUT2D eigenvalue weighted by Gasteiger charge is 2.11. The Kier molecular flexibility index (Phi) is 3.80. The standard InChI is InChI=1S/C17H14N2O4/c1-2-23-17(20)13-4-6-14(7-5-13)18-10-9-12-3-8-15(19(21)22)11-16(12)18/h3-11H,2H2,1H3. The van der Waals surface area contributed by atoms with Crippen LogP contribution in [0.2, 0.25) is 0 Å². The van der Waals surface area contributed by atoms with Crippen LogP contribution in [0.1, 0.15) is 17.3 Å². The summed E-state index contributed by atoms with van der Waals surface area (Å²) in [5, 5.41) is 11.8. The first-order valence-electron chi connectivity index (χ1n) is 7.13. The minimum absolute atomic E-state index is 0.0422. The SMILES string of the molecule is CCOC(=O)c1ccc(-n2ccc3ccc([N+](=O)[O-])cc32)cc1. The highest BCUT2D eigenvalue weighted by molar-refractivity contribution is 5.90. The number of esters is 1. The van der Waals surface area contributed by atoms with Crippen molar-refractivity contribution in [1.29, 1.82) is 0 Å². The first-order chi connectivity index (χ1) is 11.1. The average molecular weight is 310 g/mol. The molecule has 3 rings (SSSR count). The molecule has 6 nitrogen and oxygen atoms in total. The molecule has 0 radical (unpaired) electrons. The van der Waals surface area contributed by atoms with Crippen LogP contribution in [0.4, 0.5) is 5.69 Å². The van der Waals surface area contributed by atoms with Crippen LogP contribution in [0.5, 0.6) is 0 Å². The maximum absolute atomic E-state index is 11.7. The van der Waals surface area contributed by atoms with E-state index in [9.17, 15) is 14.9 Å². The van der Waals surface area contributed by atoms with E-state index in [-0.39, 0.29) is 11.7 Å². The van der Waals surface area contributed by atoms with Gasteiger partial charge in [0.25, 0.3) is 5.69 Å². The van der Waals surface area contributed by atoms with Gasteiger partial charge in [0.15, 0.2) is 0 Å². The number of rotatable bonds is 4. The number of nitro benzene ring substituents is 1. The van der Waals surface area contributed by atoms with E-state index in [4.69, 9.17) is 4.74 Å². The van der Waals surface area contributed by atoms with Gasteiger partial charge in [-0.25, -0.2) is 4.79 Å². The van der Waals surface area contributed by atoms with Crippen molar-refractivity contribution in [3.05, 3.63) is 70.4 Å². The molecule has 0 aliphatic heterocycles. The predicted octanol–water partition coefficient (Wildman–Crippen LogP) is 3.72. The molecular formula is C17H14N2O4. The van der Waals surface area contributed by atoms with Gasteiger partial charge in [-0.05, 0) is 43.3 Å². The van der Waals surface area contributed by atoms with Crippen LogP contribution in [-0.2, 0) is 4.74 Å². The molecule has 0 unspecified atom stereocenters. The molecule has 0 aliphatic carbocycles. The summed E-state index contributed by atoms with van der Waals surface area (Å²) >= 11 is 0. The summed E-state index contributed by atoms with van der Waals surface area (Å²) in [4.78, 5) is 22.2. The molecule has 0 saturated heterocycles. The van der Waals surface area contributed by atoms with Crippen molar-refractivity contribution in [2.75, 3.05) is 6.61 Å². The molecule has 0 aliphatic rings. The molecule has 1 aromatic heterocycles. The molecule has 0 N–H and O–H groups in total. The number of nitrogens with zero attached hydrogens (tertiary/aromatic N) is 2. The number of aromatic nitrogens is 1. The normalized spacial score (nSPS) is 10.7. The summed E-state index contributed by atoms with van der Waals surface area (Å²) in [7, 11) is 0. The van der Waals surface area contributed by atoms with Gasteiger partial charge in [0.05, 0.1) is 22.6 Å². The number of ether oxygens (including phenoxy) is 1. The fourth-order valence-corrected chi connectivity index (χ4v) is 2.43. The second kappa shape index (κ2) is 5.92. The highest BCUT2D eigenvalue weighted by atomic mass is 16.6. The molecule has 3 aromatic rings. The van der Waals surface area contributed by atoms with Gasteiger partial charge in [-0.3, -0.25) is 10.1 Å². The van der Waals surface area contributed by atoms with Gasteiger partial charge in [0.1, 0.15) is 0 Å². The molecular weight excluding hydrogens is 296 g/mol. The third-order valence-corrected chi connectivity index (χ3v) is 3.54. The second-order valence-corrected chi connectivity index (χ2v) is 4.95. The van der Waals surface area contributed by atoms with E-state index in [1.807, 2.05) is 16.8 Å². The van der Waals surface area contributed by atoms with Crippen molar-refractivity contribution in [1.82, 2.24) is 4.57 Å². The van der Waals surface area contributed by atoms with Crippen molar-refractivity contribution in [3.8, 4) is 5.69 Å². The largest absolute Gasteiger partial charge is 0.462 e. The van der Waals surface area contributed by atoms with Gasteiger partial charge in [-0.2, -0.15) is 0 Å². The molecule has 0 atom stereocenters. The molecule has 0 amide bonds. The van der Waals surface area contributed by atoms with E-state index < -0.39 is 4.92 Å². The topological polar surface area (TPSA) is 74.4 Å². The molecule has 23 heavy (non-hydrogen) atoms. The Morgan fingerprint density at radius 1 is 1.17 bits per heavy atom.